The van der Waals surface area contributed by atoms with E-state index in [1.807, 2.05) is 91.0 Å². The molecule has 0 amide bonds. The molecule has 0 N–H and O–H groups in total. The third kappa shape index (κ3) is 8.88. The Morgan fingerprint density at radius 2 is 1.11 bits per heavy atom. The summed E-state index contributed by atoms with van der Waals surface area (Å²) in [6, 6.07) is 35.0. The van der Waals surface area contributed by atoms with E-state index in [2.05, 4.69) is 15.9 Å². The minimum absolute atomic E-state index is 0.120. The van der Waals surface area contributed by atoms with Gasteiger partial charge in [-0.05, 0) is 41.0 Å². The fourth-order valence-electron chi connectivity index (χ4n) is 5.18. The topological polar surface area (TPSA) is 97.4 Å². The summed E-state index contributed by atoms with van der Waals surface area (Å²) in [6.45, 7) is 0.478. The molecule has 0 aliphatic carbocycles. The van der Waals surface area contributed by atoms with Crippen LogP contribution in [-0.2, 0) is 58.1 Å². The summed E-state index contributed by atoms with van der Waals surface area (Å²) < 4.78 is 59.0. The lowest BCUT2D eigenvalue weighted by molar-refractivity contribution is -0.261. The number of ether oxygens (including phenoxy) is 5. The Balaban J connectivity index is 1.52. The highest BCUT2D eigenvalue weighted by atomic mass is 79.9. The summed E-state index contributed by atoms with van der Waals surface area (Å²) >= 11 is 3.36. The van der Waals surface area contributed by atoms with Crippen molar-refractivity contribution < 1.29 is 36.9 Å². The maximum atomic E-state index is 13.7. The number of carbonyl (C=O) groups is 1. The van der Waals surface area contributed by atoms with Crippen molar-refractivity contribution in [2.75, 3.05) is 12.9 Å². The minimum atomic E-state index is -3.89. The van der Waals surface area contributed by atoms with Crippen LogP contribution in [0.2, 0.25) is 0 Å². The number of hydrogen-bond donors (Lipinski definition) is 0. The van der Waals surface area contributed by atoms with Crippen molar-refractivity contribution in [2.45, 2.75) is 55.2 Å². The summed E-state index contributed by atoms with van der Waals surface area (Å²) in [5, 5.41) is 0. The van der Waals surface area contributed by atoms with Gasteiger partial charge in [0, 0.05) is 4.47 Å². The highest BCUT2D eigenvalue weighted by molar-refractivity contribution is 9.10. The van der Waals surface area contributed by atoms with Crippen LogP contribution in [-0.4, -0.2) is 57.8 Å². The van der Waals surface area contributed by atoms with Gasteiger partial charge in [-0.3, -0.25) is 0 Å². The molecule has 4 aromatic rings. The lowest BCUT2D eigenvalue weighted by atomic mass is 9.94. The summed E-state index contributed by atoms with van der Waals surface area (Å²) in [7, 11) is -2.63. The van der Waals surface area contributed by atoms with Gasteiger partial charge in [0.25, 0.3) is 0 Å². The Hall–Kier alpha value is -3.38. The van der Waals surface area contributed by atoms with E-state index in [0.29, 0.717) is 0 Å². The van der Waals surface area contributed by atoms with Crippen LogP contribution in [0.3, 0.4) is 0 Å². The molecule has 5 rings (SSSR count). The molecule has 4 aromatic carbocycles. The minimum Gasteiger partial charge on any atom is -0.467 e. The van der Waals surface area contributed by atoms with Crippen LogP contribution in [0, 0.1) is 0 Å². The Kier molecular flexibility index (Phi) is 11.6. The van der Waals surface area contributed by atoms with Crippen molar-refractivity contribution in [3.05, 3.63) is 136 Å². The first kappa shape index (κ1) is 33.0. The van der Waals surface area contributed by atoms with E-state index in [9.17, 15) is 13.2 Å². The molecule has 0 radical (unpaired) electrons. The van der Waals surface area contributed by atoms with Crippen molar-refractivity contribution in [3.8, 4) is 0 Å². The Labute approximate surface area is 272 Å². The van der Waals surface area contributed by atoms with Gasteiger partial charge in [-0.15, -0.1) is 0 Å². The zero-order chi connectivity index (χ0) is 31.6. The third-order valence-corrected chi connectivity index (χ3v) is 9.77. The van der Waals surface area contributed by atoms with E-state index in [4.69, 9.17) is 23.7 Å². The zero-order valence-electron chi connectivity index (χ0n) is 24.7. The van der Waals surface area contributed by atoms with Crippen LogP contribution in [0.25, 0.3) is 0 Å². The molecule has 1 aliphatic heterocycles. The number of carbonyl (C=O) groups excluding carboxylic acids is 1. The molecule has 1 aliphatic rings. The molecule has 0 bridgehead atoms. The van der Waals surface area contributed by atoms with Gasteiger partial charge in [0.2, 0.25) is 0 Å². The highest BCUT2D eigenvalue weighted by Gasteiger charge is 2.52. The Bertz CT molecular complexity index is 1600. The van der Waals surface area contributed by atoms with Gasteiger partial charge < -0.3 is 23.7 Å². The van der Waals surface area contributed by atoms with Crippen molar-refractivity contribution in [1.82, 2.24) is 0 Å². The average Bonchev–Trinajstić information content (AvgIpc) is 3.07. The number of methoxy groups -OCH3 is 1. The second kappa shape index (κ2) is 15.8. The molecule has 1 fully saturated rings. The van der Waals surface area contributed by atoms with E-state index >= 15 is 0 Å². The molecular formula is C35H35BrO8S. The Morgan fingerprint density at radius 1 is 0.667 bits per heavy atom. The number of esters is 1. The zero-order valence-corrected chi connectivity index (χ0v) is 27.1. The standard InChI is InChI=1S/C35H35BrO8S/c1-40-35(37)34-33(43-23-27-15-9-4-10-16-27)32(42-22-26-13-7-3-8-14-26)31(41-21-25-11-5-2-6-12-25)30(44-34)24-45(38,39)29-19-17-28(36)18-20-29/h2-20,30-34H,21-24H2,1H3/t30?,31-,32+,33+,34?/m1/s1. The first-order valence-electron chi connectivity index (χ1n) is 14.5. The number of hydrogen-bond acceptors (Lipinski definition) is 8. The van der Waals surface area contributed by atoms with Crippen LogP contribution in [0.5, 0.6) is 0 Å². The molecule has 236 valence electrons. The fourth-order valence-corrected chi connectivity index (χ4v) is 6.89. The van der Waals surface area contributed by atoms with E-state index in [-0.39, 0.29) is 24.7 Å². The number of sulfone groups is 1. The average molecular weight is 696 g/mol. The van der Waals surface area contributed by atoms with E-state index < -0.39 is 52.1 Å². The molecule has 10 heteroatoms. The molecule has 8 nitrogen and oxygen atoms in total. The molecule has 1 saturated heterocycles. The van der Waals surface area contributed by atoms with Crippen molar-refractivity contribution in [1.29, 1.82) is 0 Å². The van der Waals surface area contributed by atoms with Gasteiger partial charge >= 0.3 is 5.97 Å². The van der Waals surface area contributed by atoms with Gasteiger partial charge in [-0.2, -0.15) is 0 Å². The van der Waals surface area contributed by atoms with Gasteiger partial charge in [-0.1, -0.05) is 107 Å². The second-order valence-electron chi connectivity index (χ2n) is 10.6. The molecule has 2 unspecified atom stereocenters. The molecule has 0 spiro atoms. The maximum absolute atomic E-state index is 13.7. The molecule has 1 heterocycles. The van der Waals surface area contributed by atoms with Crippen LogP contribution < -0.4 is 0 Å². The maximum Gasteiger partial charge on any atom is 0.337 e. The SMILES string of the molecule is COC(=O)C1OC(CS(=O)(=O)c2ccc(Br)cc2)[C@@H](OCc2ccccc2)[C@H](OCc2ccccc2)[C@@H]1OCc1ccccc1. The van der Waals surface area contributed by atoms with E-state index in [1.54, 1.807) is 12.1 Å². The number of rotatable bonds is 13. The molecule has 0 saturated carbocycles. The van der Waals surface area contributed by atoms with Crippen molar-refractivity contribution >= 4 is 31.7 Å². The van der Waals surface area contributed by atoms with E-state index in [0.717, 1.165) is 21.2 Å². The van der Waals surface area contributed by atoms with E-state index in [1.165, 1.54) is 19.2 Å². The second-order valence-corrected chi connectivity index (χ2v) is 13.6. The van der Waals surface area contributed by atoms with Crippen molar-refractivity contribution in [2.24, 2.45) is 0 Å². The first-order chi connectivity index (χ1) is 21.8. The predicted molar refractivity (Wildman–Crippen MR) is 172 cm³/mol. The van der Waals surface area contributed by atoms with Crippen LogP contribution >= 0.6 is 15.9 Å². The van der Waals surface area contributed by atoms with Gasteiger partial charge in [-0.25, -0.2) is 13.2 Å². The lowest BCUT2D eigenvalue weighted by Gasteiger charge is -2.45. The monoisotopic (exact) mass is 694 g/mol. The lowest BCUT2D eigenvalue weighted by Crippen LogP contribution is -2.63. The van der Waals surface area contributed by atoms with Crippen LogP contribution in [0.1, 0.15) is 16.7 Å². The van der Waals surface area contributed by atoms with Gasteiger partial charge in [0.05, 0.1) is 37.6 Å². The normalized spacial score (nSPS) is 21.7. The largest absolute Gasteiger partial charge is 0.467 e. The highest BCUT2D eigenvalue weighted by Crippen LogP contribution is 2.33. The molecular weight excluding hydrogens is 660 g/mol. The number of benzene rings is 4. The number of halogens is 1. The van der Waals surface area contributed by atoms with Crippen molar-refractivity contribution in [3.63, 3.8) is 0 Å². The first-order valence-corrected chi connectivity index (χ1v) is 17.0. The third-order valence-electron chi connectivity index (χ3n) is 7.48. The Morgan fingerprint density at radius 3 is 1.58 bits per heavy atom. The van der Waals surface area contributed by atoms with Gasteiger partial charge in [0.1, 0.15) is 24.4 Å². The summed E-state index contributed by atoms with van der Waals surface area (Å²) in [5.74, 6) is -1.16. The summed E-state index contributed by atoms with van der Waals surface area (Å²) in [6.07, 6.45) is -5.18. The summed E-state index contributed by atoms with van der Waals surface area (Å²) in [4.78, 5) is 13.4. The quantitative estimate of drug-likeness (QED) is 0.159. The molecule has 0 aromatic heterocycles. The fraction of sp³-hybridized carbons (Fsp3) is 0.286. The predicted octanol–water partition coefficient (Wildman–Crippen LogP) is 5.92. The van der Waals surface area contributed by atoms with Crippen LogP contribution in [0.4, 0.5) is 0 Å². The summed E-state index contributed by atoms with van der Waals surface area (Å²) in [5.41, 5.74) is 2.65. The molecule has 45 heavy (non-hydrogen) atoms. The van der Waals surface area contributed by atoms with Gasteiger partial charge in [0.15, 0.2) is 15.9 Å². The molecule has 5 atom stereocenters. The smallest absolute Gasteiger partial charge is 0.337 e. The van der Waals surface area contributed by atoms with Crippen LogP contribution in [0.15, 0.2) is 125 Å².